The Morgan fingerprint density at radius 2 is 2.00 bits per heavy atom. The van der Waals surface area contributed by atoms with Gasteiger partial charge in [0.2, 0.25) is 0 Å². The van der Waals surface area contributed by atoms with Crippen LogP contribution in [0.3, 0.4) is 0 Å². The summed E-state index contributed by atoms with van der Waals surface area (Å²) in [4.78, 5) is 3.91. The van der Waals surface area contributed by atoms with Crippen LogP contribution in [-0.2, 0) is 6.54 Å². The maximum atomic E-state index is 9.73. The molecule has 1 aromatic rings. The zero-order valence-corrected chi connectivity index (χ0v) is 10.7. The van der Waals surface area contributed by atoms with Gasteiger partial charge >= 0.3 is 0 Å². The van der Waals surface area contributed by atoms with Crippen molar-refractivity contribution in [1.29, 1.82) is 0 Å². The Kier molecular flexibility index (Phi) is 2.96. The fourth-order valence-corrected chi connectivity index (χ4v) is 4.22. The highest BCUT2D eigenvalue weighted by Crippen LogP contribution is 2.37. The quantitative estimate of drug-likeness (QED) is 0.881. The summed E-state index contributed by atoms with van der Waals surface area (Å²) >= 11 is 7.62. The predicted octanol–water partition coefficient (Wildman–Crippen LogP) is 2.89. The largest absolute Gasteiger partial charge is 0.393 e. The lowest BCUT2D eigenvalue weighted by Crippen LogP contribution is -2.43. The van der Waals surface area contributed by atoms with E-state index in [-0.39, 0.29) is 6.10 Å². The minimum absolute atomic E-state index is 0.0688. The van der Waals surface area contributed by atoms with Crippen molar-refractivity contribution in [2.75, 3.05) is 0 Å². The zero-order chi connectivity index (χ0) is 11.1. The maximum absolute atomic E-state index is 9.73. The van der Waals surface area contributed by atoms with Gasteiger partial charge in [0.1, 0.15) is 0 Å². The summed E-state index contributed by atoms with van der Waals surface area (Å²) in [5.74, 6) is 0. The third-order valence-electron chi connectivity index (χ3n) is 3.83. The van der Waals surface area contributed by atoms with Gasteiger partial charge < -0.3 is 5.11 Å². The Morgan fingerprint density at radius 1 is 1.31 bits per heavy atom. The van der Waals surface area contributed by atoms with Crippen LogP contribution < -0.4 is 0 Å². The molecular formula is C12H16ClNOS. The van der Waals surface area contributed by atoms with E-state index in [0.29, 0.717) is 12.1 Å². The van der Waals surface area contributed by atoms with Crippen molar-refractivity contribution < 1.29 is 5.11 Å². The average molecular weight is 258 g/mol. The molecule has 2 unspecified atom stereocenters. The minimum atomic E-state index is -0.0688. The van der Waals surface area contributed by atoms with Gasteiger partial charge in [-0.3, -0.25) is 4.90 Å². The summed E-state index contributed by atoms with van der Waals surface area (Å²) in [5, 5.41) is 9.73. The van der Waals surface area contributed by atoms with Crippen LogP contribution in [-0.4, -0.2) is 28.2 Å². The van der Waals surface area contributed by atoms with E-state index in [0.717, 1.165) is 23.7 Å². The number of nitrogens with zero attached hydrogens (tertiary/aromatic N) is 1. The van der Waals surface area contributed by atoms with E-state index in [1.54, 1.807) is 11.3 Å². The normalized spacial score (nSPS) is 34.5. The summed E-state index contributed by atoms with van der Waals surface area (Å²) in [6, 6.07) is 5.28. The molecule has 0 amide bonds. The number of rotatable bonds is 2. The Labute approximate surface area is 105 Å². The number of hydrogen-bond donors (Lipinski definition) is 1. The smallest absolute Gasteiger partial charge is 0.0931 e. The molecule has 2 atom stereocenters. The van der Waals surface area contributed by atoms with Crippen LogP contribution in [0.1, 0.15) is 30.6 Å². The second kappa shape index (κ2) is 4.30. The predicted molar refractivity (Wildman–Crippen MR) is 66.9 cm³/mol. The molecule has 2 bridgehead atoms. The second-order valence-corrected chi connectivity index (χ2v) is 6.69. The molecule has 1 N–H and O–H groups in total. The number of hydrogen-bond acceptors (Lipinski definition) is 3. The highest BCUT2D eigenvalue weighted by atomic mass is 35.5. The Bertz CT molecular complexity index is 367. The van der Waals surface area contributed by atoms with Crippen molar-refractivity contribution in [3.8, 4) is 0 Å². The molecule has 4 heteroatoms. The Morgan fingerprint density at radius 3 is 2.56 bits per heavy atom. The van der Waals surface area contributed by atoms with E-state index in [1.807, 2.05) is 6.07 Å². The van der Waals surface area contributed by atoms with E-state index in [4.69, 9.17) is 11.6 Å². The van der Waals surface area contributed by atoms with Crippen LogP contribution in [0, 0.1) is 0 Å². The average Bonchev–Trinajstić information content (AvgIpc) is 2.72. The molecule has 2 nitrogen and oxygen atoms in total. The number of aliphatic hydroxyl groups excluding tert-OH is 1. The number of halogens is 1. The number of piperidine rings is 1. The molecule has 3 heterocycles. The fraction of sp³-hybridized carbons (Fsp3) is 0.667. The molecule has 0 saturated carbocycles. The lowest BCUT2D eigenvalue weighted by molar-refractivity contribution is 0.0316. The minimum Gasteiger partial charge on any atom is -0.393 e. The van der Waals surface area contributed by atoms with Gasteiger partial charge in [-0.15, -0.1) is 11.3 Å². The first-order chi connectivity index (χ1) is 7.72. The second-order valence-electron chi connectivity index (χ2n) is 4.89. The third-order valence-corrected chi connectivity index (χ3v) is 5.04. The van der Waals surface area contributed by atoms with Crippen molar-refractivity contribution in [3.05, 3.63) is 21.3 Å². The molecule has 2 saturated heterocycles. The van der Waals surface area contributed by atoms with Crippen LogP contribution in [0.15, 0.2) is 12.1 Å². The summed E-state index contributed by atoms with van der Waals surface area (Å²) in [6.07, 6.45) is 4.34. The molecule has 0 aliphatic carbocycles. The number of fused-ring (bicyclic) bond motifs is 2. The molecule has 88 valence electrons. The van der Waals surface area contributed by atoms with Gasteiger partial charge in [0.15, 0.2) is 0 Å². The number of thiophene rings is 1. The van der Waals surface area contributed by atoms with Crippen molar-refractivity contribution in [3.63, 3.8) is 0 Å². The van der Waals surface area contributed by atoms with Crippen molar-refractivity contribution in [1.82, 2.24) is 4.90 Å². The molecule has 2 aliphatic heterocycles. The van der Waals surface area contributed by atoms with Crippen LogP contribution in [0.25, 0.3) is 0 Å². The lowest BCUT2D eigenvalue weighted by atomic mass is 10.00. The Hall–Kier alpha value is -0.0900. The molecule has 0 spiro atoms. The molecule has 0 aromatic carbocycles. The monoisotopic (exact) mass is 257 g/mol. The van der Waals surface area contributed by atoms with Gasteiger partial charge in [0.25, 0.3) is 0 Å². The topological polar surface area (TPSA) is 23.5 Å². The van der Waals surface area contributed by atoms with Gasteiger partial charge in [0.05, 0.1) is 10.4 Å². The molecule has 16 heavy (non-hydrogen) atoms. The van der Waals surface area contributed by atoms with E-state index >= 15 is 0 Å². The molecule has 3 rings (SSSR count). The van der Waals surface area contributed by atoms with Crippen molar-refractivity contribution >= 4 is 22.9 Å². The first-order valence-corrected chi connectivity index (χ1v) is 7.10. The van der Waals surface area contributed by atoms with E-state index in [9.17, 15) is 5.11 Å². The summed E-state index contributed by atoms with van der Waals surface area (Å²) in [7, 11) is 0. The molecule has 2 aliphatic rings. The van der Waals surface area contributed by atoms with Crippen molar-refractivity contribution in [2.24, 2.45) is 0 Å². The third kappa shape index (κ3) is 2.02. The summed E-state index contributed by atoms with van der Waals surface area (Å²) < 4.78 is 0.874. The molecule has 1 aromatic heterocycles. The highest BCUT2D eigenvalue weighted by Gasteiger charge is 2.39. The van der Waals surface area contributed by atoms with Gasteiger partial charge in [-0.25, -0.2) is 0 Å². The Balaban J connectivity index is 1.72. The molecule has 0 radical (unpaired) electrons. The first-order valence-electron chi connectivity index (χ1n) is 5.90. The zero-order valence-electron chi connectivity index (χ0n) is 9.10. The van der Waals surface area contributed by atoms with Crippen LogP contribution in [0.4, 0.5) is 0 Å². The van der Waals surface area contributed by atoms with Gasteiger partial charge in [-0.05, 0) is 37.8 Å². The standard InChI is InChI=1S/C12H16ClNOS/c13-12-4-3-11(16-12)7-14-8-1-2-9(14)6-10(15)5-8/h3-4,8-10,15H,1-2,5-7H2. The molecule has 2 fully saturated rings. The maximum Gasteiger partial charge on any atom is 0.0931 e. The van der Waals surface area contributed by atoms with Crippen LogP contribution in [0.5, 0.6) is 0 Å². The van der Waals surface area contributed by atoms with Gasteiger partial charge in [0, 0.05) is 23.5 Å². The van der Waals surface area contributed by atoms with Crippen LogP contribution in [0.2, 0.25) is 4.34 Å². The van der Waals surface area contributed by atoms with E-state index in [2.05, 4.69) is 11.0 Å². The first kappa shape index (κ1) is 11.0. The highest BCUT2D eigenvalue weighted by molar-refractivity contribution is 7.16. The van der Waals surface area contributed by atoms with E-state index < -0.39 is 0 Å². The SMILES string of the molecule is OC1CC2CCC(C1)N2Cc1ccc(Cl)s1. The summed E-state index contributed by atoms with van der Waals surface area (Å²) in [5.41, 5.74) is 0. The van der Waals surface area contributed by atoms with Crippen LogP contribution >= 0.6 is 22.9 Å². The lowest BCUT2D eigenvalue weighted by Gasteiger charge is -2.36. The number of aliphatic hydroxyl groups is 1. The van der Waals surface area contributed by atoms with E-state index in [1.165, 1.54) is 17.7 Å². The van der Waals surface area contributed by atoms with Gasteiger partial charge in [-0.2, -0.15) is 0 Å². The molecular weight excluding hydrogens is 242 g/mol. The fourth-order valence-electron chi connectivity index (χ4n) is 3.12. The summed E-state index contributed by atoms with van der Waals surface area (Å²) in [6.45, 7) is 1.01. The van der Waals surface area contributed by atoms with Gasteiger partial charge in [-0.1, -0.05) is 11.6 Å². The van der Waals surface area contributed by atoms with Crippen molar-refractivity contribution in [2.45, 2.75) is 50.4 Å².